The van der Waals surface area contributed by atoms with Gasteiger partial charge in [0.15, 0.2) is 0 Å². The van der Waals surface area contributed by atoms with Crippen molar-refractivity contribution in [3.8, 4) is 0 Å². The van der Waals surface area contributed by atoms with Gasteiger partial charge in [-0.2, -0.15) is 12.6 Å². The van der Waals surface area contributed by atoms with Crippen LogP contribution in [-0.4, -0.2) is 23.6 Å². The monoisotopic (exact) mass is 559 g/mol. The van der Waals surface area contributed by atoms with E-state index < -0.39 is 11.0 Å². The van der Waals surface area contributed by atoms with Crippen LogP contribution >= 0.6 is 12.6 Å². The molecule has 1 aromatic rings. The number of hydrogen-bond donors (Lipinski definition) is 1. The zero-order valence-electron chi connectivity index (χ0n) is 28.5. The number of carbonyl (C=O) groups is 1. The van der Waals surface area contributed by atoms with Crippen molar-refractivity contribution >= 4 is 31.4 Å². The van der Waals surface area contributed by atoms with Crippen LogP contribution in [0, 0.1) is 30.1 Å². The van der Waals surface area contributed by atoms with E-state index in [9.17, 15) is 4.79 Å². The van der Waals surface area contributed by atoms with Crippen LogP contribution in [0.1, 0.15) is 147 Å². The highest BCUT2D eigenvalue weighted by atomic mass is 32.1. The molecule has 0 amide bonds. The molecular weight excluding hydrogens is 495 g/mol. The predicted molar refractivity (Wildman–Crippen MR) is 179 cm³/mol. The molecule has 0 spiro atoms. The summed E-state index contributed by atoms with van der Waals surface area (Å²) in [5.74, 6) is 2.44. The van der Waals surface area contributed by atoms with Crippen molar-refractivity contribution in [2.24, 2.45) is 23.2 Å². The van der Waals surface area contributed by atoms with Crippen molar-refractivity contribution in [2.75, 3.05) is 0 Å². The number of rotatable bonds is 11. The first-order chi connectivity index (χ1) is 17.6. The Morgan fingerprint density at radius 3 is 1.85 bits per heavy atom. The Labute approximate surface area is 250 Å². The fourth-order valence-corrected chi connectivity index (χ4v) is 4.69. The van der Waals surface area contributed by atoms with Crippen molar-refractivity contribution in [3.63, 3.8) is 0 Å². The van der Waals surface area contributed by atoms with Gasteiger partial charge in [-0.3, -0.25) is 4.79 Å². The van der Waals surface area contributed by atoms with E-state index in [1.807, 2.05) is 67.5 Å². The van der Waals surface area contributed by atoms with Gasteiger partial charge in [0.05, 0.1) is 5.60 Å². The quantitative estimate of drug-likeness (QED) is 0.216. The number of Topliss-reactive ketones (excluding diaryl/α,β-unsaturated/α-hetero) is 1. The smallest absolute Gasteiger partial charge is 0.330 e. The molecule has 225 valence electrons. The van der Waals surface area contributed by atoms with E-state index in [-0.39, 0.29) is 16.4 Å². The highest BCUT2D eigenvalue weighted by molar-refractivity contribution is 7.81. The van der Waals surface area contributed by atoms with Crippen LogP contribution < -0.4 is 5.46 Å². The summed E-state index contributed by atoms with van der Waals surface area (Å²) in [6.07, 6.45) is 8.47. The summed E-state index contributed by atoms with van der Waals surface area (Å²) in [4.78, 5) is 12.5. The fraction of sp³-hybridized carbons (Fsp3) is 0.800. The summed E-state index contributed by atoms with van der Waals surface area (Å²) >= 11 is 4.62. The highest BCUT2D eigenvalue weighted by Crippen LogP contribution is 2.36. The van der Waals surface area contributed by atoms with Crippen molar-refractivity contribution in [2.45, 2.75) is 158 Å². The third-order valence-electron chi connectivity index (χ3n) is 9.11. The van der Waals surface area contributed by atoms with Gasteiger partial charge < -0.3 is 4.65 Å². The summed E-state index contributed by atoms with van der Waals surface area (Å²) in [7, 11) is 1.78. The van der Waals surface area contributed by atoms with Crippen molar-refractivity contribution in [3.05, 3.63) is 29.3 Å². The van der Waals surface area contributed by atoms with Crippen LogP contribution in [0.25, 0.3) is 0 Å². The first-order valence-electron chi connectivity index (χ1n) is 15.5. The van der Waals surface area contributed by atoms with Crippen molar-refractivity contribution in [1.29, 1.82) is 0 Å². The number of benzene rings is 1. The molecule has 1 aliphatic carbocycles. The number of thiol groups is 1. The highest BCUT2D eigenvalue weighted by Gasteiger charge is 2.35. The summed E-state index contributed by atoms with van der Waals surface area (Å²) in [6, 6.07) is 6.13. The number of ketones is 1. The molecule has 0 N–H and O–H groups in total. The lowest BCUT2D eigenvalue weighted by atomic mass is 9.73. The van der Waals surface area contributed by atoms with Gasteiger partial charge in [-0.15, -0.1) is 0 Å². The van der Waals surface area contributed by atoms with Crippen LogP contribution in [0.3, 0.4) is 0 Å². The van der Waals surface area contributed by atoms with Gasteiger partial charge >= 0.3 is 7.48 Å². The summed E-state index contributed by atoms with van der Waals surface area (Å²) in [6.45, 7) is 31.8. The van der Waals surface area contributed by atoms with Gasteiger partial charge in [-0.05, 0) is 89.7 Å². The lowest BCUT2D eigenvalue weighted by Gasteiger charge is -2.38. The Morgan fingerprint density at radius 1 is 1.00 bits per heavy atom. The fourth-order valence-electron chi connectivity index (χ4n) is 4.64. The molecule has 0 aromatic heterocycles. The van der Waals surface area contributed by atoms with Crippen LogP contribution in [0.4, 0.5) is 0 Å². The van der Waals surface area contributed by atoms with Gasteiger partial charge in [0, 0.05) is 16.1 Å². The Balaban J connectivity index is 0.000000777. The van der Waals surface area contributed by atoms with Crippen LogP contribution in [0.5, 0.6) is 0 Å². The SMILES string of the molecule is CCC(C)(C)CC.CCCC1CC(C)C1.Cc1cc([B]OC(C)(C)C(C)(C)S)ccc1C(C)(C)C(=O)C(C)C. The number of hydrogen-bond acceptors (Lipinski definition) is 3. The number of aryl methyl sites for hydroxylation is 1. The van der Waals surface area contributed by atoms with Gasteiger partial charge in [0.1, 0.15) is 5.78 Å². The largest absolute Gasteiger partial charge is 0.428 e. The molecule has 39 heavy (non-hydrogen) atoms. The predicted octanol–water partition coefficient (Wildman–Crippen LogP) is 9.91. The van der Waals surface area contributed by atoms with E-state index in [0.29, 0.717) is 5.41 Å². The van der Waals surface area contributed by atoms with Gasteiger partial charge in [0.2, 0.25) is 0 Å². The number of carbonyl (C=O) groups excluding carboxylic acids is 1. The standard InChI is InChI=1S/C20H32BO2S.C8H16.C7H16/c1-13(2)17(22)18(4,5)16-11-10-15(12-14(16)3)21-23-19(6,7)20(8,9)24;1-3-4-8-5-7(2)6-8;1-5-7(3,4)6-2/h10-13,24H,1-9H3;7-8H,3-6H2,1-2H3;5-6H2,1-4H3. The molecular formula is C35H64BO2S. The first-order valence-corrected chi connectivity index (χ1v) is 16.0. The summed E-state index contributed by atoms with van der Waals surface area (Å²) in [5.41, 5.74) is 2.88. The van der Waals surface area contributed by atoms with E-state index >= 15 is 0 Å². The average Bonchev–Trinajstić information content (AvgIpc) is 2.81. The molecule has 1 fully saturated rings. The zero-order valence-corrected chi connectivity index (χ0v) is 29.4. The Hall–Kier alpha value is -0.735. The minimum Gasteiger partial charge on any atom is -0.428 e. The molecule has 0 atom stereocenters. The zero-order chi connectivity index (χ0) is 30.8. The minimum atomic E-state index is -0.482. The van der Waals surface area contributed by atoms with Gasteiger partial charge in [-0.1, -0.05) is 105 Å². The normalized spacial score (nSPS) is 17.9. The second-order valence-corrected chi connectivity index (χ2v) is 15.7. The molecule has 0 heterocycles. The third-order valence-corrected chi connectivity index (χ3v) is 9.65. The molecule has 2 rings (SSSR count). The maximum Gasteiger partial charge on any atom is 0.330 e. The molecule has 4 heteroatoms. The Bertz CT molecular complexity index is 849. The Kier molecular flexibility index (Phi) is 15.7. The average molecular weight is 560 g/mol. The van der Waals surface area contributed by atoms with Crippen LogP contribution in [0.2, 0.25) is 0 Å². The summed E-state index contributed by atoms with van der Waals surface area (Å²) in [5, 5.41) is 0. The van der Waals surface area contributed by atoms with Crippen molar-refractivity contribution < 1.29 is 9.45 Å². The molecule has 0 saturated heterocycles. The van der Waals surface area contributed by atoms with Gasteiger partial charge in [0.25, 0.3) is 0 Å². The second kappa shape index (κ2) is 16.0. The maximum absolute atomic E-state index is 12.5. The van der Waals surface area contributed by atoms with Crippen LogP contribution in [-0.2, 0) is 14.9 Å². The molecule has 0 unspecified atom stereocenters. The Morgan fingerprint density at radius 2 is 1.51 bits per heavy atom. The van der Waals surface area contributed by atoms with E-state index in [4.69, 9.17) is 4.65 Å². The lowest BCUT2D eigenvalue weighted by molar-refractivity contribution is -0.126. The molecule has 1 aliphatic rings. The van der Waals surface area contributed by atoms with E-state index in [1.54, 1.807) is 7.48 Å². The van der Waals surface area contributed by atoms with E-state index in [0.717, 1.165) is 28.4 Å². The van der Waals surface area contributed by atoms with E-state index in [2.05, 4.69) is 67.2 Å². The molecule has 1 aromatic carbocycles. The summed E-state index contributed by atoms with van der Waals surface area (Å²) < 4.78 is 5.72. The van der Waals surface area contributed by atoms with Crippen LogP contribution in [0.15, 0.2) is 18.2 Å². The minimum absolute atomic E-state index is 0.0207. The van der Waals surface area contributed by atoms with E-state index in [1.165, 1.54) is 38.5 Å². The van der Waals surface area contributed by atoms with Crippen molar-refractivity contribution in [1.82, 2.24) is 0 Å². The molecule has 0 aliphatic heterocycles. The lowest BCUT2D eigenvalue weighted by Crippen LogP contribution is -2.45. The molecule has 1 radical (unpaired) electrons. The molecule has 1 saturated carbocycles. The molecule has 2 nitrogen and oxygen atoms in total. The third kappa shape index (κ3) is 12.8. The molecule has 0 bridgehead atoms. The maximum atomic E-state index is 12.5. The first kappa shape index (κ1) is 38.3. The second-order valence-electron chi connectivity index (χ2n) is 14.6. The topological polar surface area (TPSA) is 26.3 Å². The van der Waals surface area contributed by atoms with Gasteiger partial charge in [-0.25, -0.2) is 0 Å².